The number of nitrogens with two attached hydrogens (primary N) is 1. The number of hydrogen-bond acceptors (Lipinski definition) is 9. The van der Waals surface area contributed by atoms with Crippen LogP contribution in [-0.4, -0.2) is 39.8 Å². The van der Waals surface area contributed by atoms with Crippen LogP contribution in [0.15, 0.2) is 84.9 Å². The smallest absolute Gasteiger partial charge is 0.459 e. The van der Waals surface area contributed by atoms with Crippen LogP contribution in [0.1, 0.15) is 57.5 Å². The predicted molar refractivity (Wildman–Crippen MR) is 183 cm³/mol. The second-order valence-corrected chi connectivity index (χ2v) is 12.9. The molecule has 0 radical (unpaired) electrons. The standard InChI is InChI=1S/C35H42N5O6P/c1-4-6-17-27(40-31(24-43-5-2)38-32-33(40)29-20-13-14-21-30(29)37-34(32)36)23-45-47(42,46-28-18-11-8-12-19-28)39-25(3)35(41)44-22-26-15-9-7-10-16-26/h7-16,18-21,25,27H,4-6,17,22-24H2,1-3H3,(H2,36,37)(H,39,42)/t25-,27-,47?/m0/s1. The summed E-state index contributed by atoms with van der Waals surface area (Å²) < 4.78 is 40.1. The summed E-state index contributed by atoms with van der Waals surface area (Å²) in [6.07, 6.45) is 2.46. The largest absolute Gasteiger partial charge is 0.460 e. The van der Waals surface area contributed by atoms with Crippen molar-refractivity contribution in [2.45, 2.75) is 65.3 Å². The van der Waals surface area contributed by atoms with Crippen LogP contribution in [-0.2, 0) is 36.6 Å². The van der Waals surface area contributed by atoms with Crippen molar-refractivity contribution in [2.75, 3.05) is 18.9 Å². The van der Waals surface area contributed by atoms with E-state index in [0.717, 1.165) is 34.8 Å². The van der Waals surface area contributed by atoms with E-state index in [4.69, 9.17) is 29.2 Å². The molecule has 12 heteroatoms. The fourth-order valence-corrected chi connectivity index (χ4v) is 6.85. The molecule has 2 heterocycles. The molecule has 0 saturated heterocycles. The van der Waals surface area contributed by atoms with E-state index in [-0.39, 0.29) is 25.9 Å². The van der Waals surface area contributed by atoms with Gasteiger partial charge in [-0.05, 0) is 44.0 Å². The quantitative estimate of drug-likeness (QED) is 0.0769. The molecule has 0 aliphatic rings. The Hall–Kier alpha value is -4.28. The second kappa shape index (κ2) is 16.0. The van der Waals surface area contributed by atoms with Gasteiger partial charge in [0.1, 0.15) is 36.3 Å². The number of rotatable bonds is 17. The van der Waals surface area contributed by atoms with E-state index in [0.29, 0.717) is 35.9 Å². The van der Waals surface area contributed by atoms with Crippen LogP contribution >= 0.6 is 7.75 Å². The molecule has 2 aromatic heterocycles. The zero-order chi connectivity index (χ0) is 33.2. The average molecular weight is 660 g/mol. The van der Waals surface area contributed by atoms with E-state index < -0.39 is 19.8 Å². The normalized spacial score (nSPS) is 14.1. The van der Waals surface area contributed by atoms with Crippen molar-refractivity contribution in [1.82, 2.24) is 19.6 Å². The van der Waals surface area contributed by atoms with E-state index in [1.807, 2.05) is 67.6 Å². The Morgan fingerprint density at radius 1 is 0.957 bits per heavy atom. The minimum atomic E-state index is -4.14. The van der Waals surface area contributed by atoms with Gasteiger partial charge in [-0.25, -0.2) is 14.5 Å². The summed E-state index contributed by atoms with van der Waals surface area (Å²) >= 11 is 0. The lowest BCUT2D eigenvalue weighted by atomic mass is 10.1. The summed E-state index contributed by atoms with van der Waals surface area (Å²) in [6.45, 7) is 6.39. The summed E-state index contributed by atoms with van der Waals surface area (Å²) in [5.41, 5.74) is 9.37. The molecule has 0 aliphatic heterocycles. The molecule has 0 bridgehead atoms. The van der Waals surface area contributed by atoms with Crippen LogP contribution < -0.4 is 15.3 Å². The van der Waals surface area contributed by atoms with Crippen LogP contribution in [0.3, 0.4) is 0 Å². The Bertz CT molecular complexity index is 1820. The first-order valence-electron chi connectivity index (χ1n) is 15.9. The number of aromatic nitrogens is 3. The third-order valence-corrected chi connectivity index (χ3v) is 9.30. The van der Waals surface area contributed by atoms with E-state index in [1.165, 1.54) is 0 Å². The number of fused-ring (bicyclic) bond motifs is 3. The van der Waals surface area contributed by atoms with Gasteiger partial charge in [-0.2, -0.15) is 5.09 Å². The molecule has 5 rings (SSSR count). The van der Waals surface area contributed by atoms with Crippen LogP contribution in [0, 0.1) is 0 Å². The molecular formula is C35H42N5O6P. The Morgan fingerprint density at radius 2 is 1.66 bits per heavy atom. The fourth-order valence-electron chi connectivity index (χ4n) is 5.32. The zero-order valence-electron chi connectivity index (χ0n) is 27.0. The van der Waals surface area contributed by atoms with Gasteiger partial charge >= 0.3 is 13.7 Å². The van der Waals surface area contributed by atoms with Crippen molar-refractivity contribution >= 4 is 41.5 Å². The van der Waals surface area contributed by atoms with E-state index in [9.17, 15) is 9.36 Å². The molecule has 0 spiro atoms. The van der Waals surface area contributed by atoms with Gasteiger partial charge < -0.3 is 24.3 Å². The van der Waals surface area contributed by atoms with Gasteiger partial charge in [0.2, 0.25) is 0 Å². The number of carbonyl (C=O) groups is 1. The Balaban J connectivity index is 1.47. The second-order valence-electron chi connectivity index (χ2n) is 11.2. The number of esters is 1. The average Bonchev–Trinajstić information content (AvgIpc) is 3.47. The molecule has 0 amide bonds. The lowest BCUT2D eigenvalue weighted by molar-refractivity contribution is -0.146. The molecule has 3 atom stereocenters. The number of ether oxygens (including phenoxy) is 2. The minimum Gasteiger partial charge on any atom is -0.460 e. The van der Waals surface area contributed by atoms with Crippen LogP contribution in [0.5, 0.6) is 5.75 Å². The third kappa shape index (κ3) is 8.55. The molecule has 0 saturated carbocycles. The highest BCUT2D eigenvalue weighted by molar-refractivity contribution is 7.52. The number of unbranched alkanes of at least 4 members (excludes halogenated alkanes) is 1. The van der Waals surface area contributed by atoms with Crippen molar-refractivity contribution in [3.63, 3.8) is 0 Å². The van der Waals surface area contributed by atoms with Crippen LogP contribution in [0.2, 0.25) is 0 Å². The molecule has 3 aromatic carbocycles. The summed E-state index contributed by atoms with van der Waals surface area (Å²) in [5.74, 6) is 0.702. The van der Waals surface area contributed by atoms with Crippen molar-refractivity contribution in [2.24, 2.45) is 0 Å². The number of nitrogen functional groups attached to an aromatic ring is 1. The first kappa shape index (κ1) is 34.1. The molecule has 5 aromatic rings. The zero-order valence-corrected chi connectivity index (χ0v) is 27.9. The highest BCUT2D eigenvalue weighted by Crippen LogP contribution is 2.46. The van der Waals surface area contributed by atoms with Crippen molar-refractivity contribution in [3.05, 3.63) is 96.3 Å². The summed E-state index contributed by atoms with van der Waals surface area (Å²) in [4.78, 5) is 22.5. The molecule has 0 fully saturated rings. The van der Waals surface area contributed by atoms with Gasteiger partial charge in [-0.1, -0.05) is 86.5 Å². The lowest BCUT2D eigenvalue weighted by Gasteiger charge is -2.27. The molecule has 0 aliphatic carbocycles. The van der Waals surface area contributed by atoms with Crippen molar-refractivity contribution in [3.8, 4) is 5.75 Å². The number of nitrogens with one attached hydrogen (secondary N) is 1. The maximum absolute atomic E-state index is 14.5. The highest BCUT2D eigenvalue weighted by Gasteiger charge is 2.34. The van der Waals surface area contributed by atoms with Crippen LogP contribution in [0.4, 0.5) is 5.82 Å². The summed E-state index contributed by atoms with van der Waals surface area (Å²) in [6, 6.07) is 24.5. The number of anilines is 1. The Labute approximate surface area is 275 Å². The van der Waals surface area contributed by atoms with Gasteiger partial charge in [0.05, 0.1) is 23.7 Å². The third-order valence-electron chi connectivity index (χ3n) is 7.65. The van der Waals surface area contributed by atoms with Gasteiger partial charge in [-0.15, -0.1) is 0 Å². The molecule has 47 heavy (non-hydrogen) atoms. The molecule has 3 N–H and O–H groups in total. The van der Waals surface area contributed by atoms with Gasteiger partial charge in [0, 0.05) is 12.0 Å². The first-order valence-corrected chi connectivity index (χ1v) is 17.5. The van der Waals surface area contributed by atoms with Crippen molar-refractivity contribution < 1.29 is 27.9 Å². The van der Waals surface area contributed by atoms with Crippen LogP contribution in [0.25, 0.3) is 21.9 Å². The van der Waals surface area contributed by atoms with Gasteiger partial charge in [0.15, 0.2) is 5.82 Å². The maximum atomic E-state index is 14.5. The SMILES string of the molecule is CCCC[C@@H](COP(=O)(N[C@@H](C)C(=O)OCc1ccccc1)Oc1ccccc1)n1c(COCC)nc2c(N)nc3ccccc3c21. The molecular weight excluding hydrogens is 617 g/mol. The molecule has 248 valence electrons. The molecule has 11 nitrogen and oxygen atoms in total. The molecule has 1 unspecified atom stereocenters. The highest BCUT2D eigenvalue weighted by atomic mass is 31.2. The topological polar surface area (TPSA) is 140 Å². The minimum absolute atomic E-state index is 0.0238. The first-order chi connectivity index (χ1) is 22.8. The number of benzene rings is 3. The fraction of sp³-hybridized carbons (Fsp3) is 0.343. The Morgan fingerprint density at radius 3 is 2.38 bits per heavy atom. The maximum Gasteiger partial charge on any atom is 0.459 e. The van der Waals surface area contributed by atoms with E-state index in [2.05, 4.69) is 21.6 Å². The van der Waals surface area contributed by atoms with E-state index >= 15 is 0 Å². The number of nitrogens with zero attached hydrogens (tertiary/aromatic N) is 3. The number of imidazole rings is 1. The lowest BCUT2D eigenvalue weighted by Crippen LogP contribution is -2.35. The van der Waals surface area contributed by atoms with Crippen molar-refractivity contribution in [1.29, 1.82) is 0 Å². The van der Waals surface area contributed by atoms with Gasteiger partial charge in [0.25, 0.3) is 0 Å². The monoisotopic (exact) mass is 659 g/mol. The summed E-state index contributed by atoms with van der Waals surface area (Å²) in [7, 11) is -4.14. The number of carbonyl (C=O) groups excluding carboxylic acids is 1. The van der Waals surface area contributed by atoms with E-state index in [1.54, 1.807) is 31.2 Å². The number of hydrogen-bond donors (Lipinski definition) is 2. The predicted octanol–water partition coefficient (Wildman–Crippen LogP) is 7.36. The summed E-state index contributed by atoms with van der Waals surface area (Å²) in [5, 5.41) is 3.70. The Kier molecular flexibility index (Phi) is 11.6. The van der Waals surface area contributed by atoms with Gasteiger partial charge in [-0.3, -0.25) is 9.32 Å². The number of pyridine rings is 1. The number of para-hydroxylation sites is 2.